The molecule has 7 nitrogen and oxygen atoms in total. The Kier molecular flexibility index (Phi) is 6.08. The normalized spacial score (nSPS) is 15.6. The van der Waals surface area contributed by atoms with Crippen molar-refractivity contribution in [1.82, 2.24) is 15.3 Å². The fourth-order valence-corrected chi connectivity index (χ4v) is 2.75. The monoisotopic (exact) mass is 380 g/mol. The molecule has 0 aliphatic carbocycles. The van der Waals surface area contributed by atoms with Crippen molar-refractivity contribution in [3.8, 4) is 0 Å². The molecule has 140 valence electrons. The molecule has 0 spiro atoms. The first-order valence-electron chi connectivity index (χ1n) is 8.49. The van der Waals surface area contributed by atoms with E-state index < -0.39 is 11.9 Å². The molecular formula is C17H22ClFN6O. The van der Waals surface area contributed by atoms with E-state index in [-0.39, 0.29) is 5.02 Å². The van der Waals surface area contributed by atoms with Crippen LogP contribution in [0.4, 0.5) is 27.5 Å². The Hall–Kier alpha value is -2.16. The topological polar surface area (TPSA) is 85.3 Å². The molecule has 9 heteroatoms. The molecule has 4 N–H and O–H groups in total. The van der Waals surface area contributed by atoms with Crippen LogP contribution in [-0.4, -0.2) is 53.9 Å². The van der Waals surface area contributed by atoms with Gasteiger partial charge >= 0.3 is 0 Å². The molecule has 3 heterocycles. The number of rotatable bonds is 6. The zero-order valence-electron chi connectivity index (χ0n) is 14.5. The third-order valence-electron chi connectivity index (χ3n) is 3.94. The van der Waals surface area contributed by atoms with Crippen LogP contribution in [-0.2, 0) is 0 Å². The van der Waals surface area contributed by atoms with E-state index in [9.17, 15) is 9.50 Å². The summed E-state index contributed by atoms with van der Waals surface area (Å²) in [6.45, 7) is 5.66. The number of nitrogens with one attached hydrogen (secondary N) is 3. The number of nitrogens with zero attached hydrogens (tertiary/aromatic N) is 3. The lowest BCUT2D eigenvalue weighted by atomic mass is 10.2. The Morgan fingerprint density at radius 3 is 2.69 bits per heavy atom. The van der Waals surface area contributed by atoms with Gasteiger partial charge in [-0.25, -0.2) is 14.4 Å². The lowest BCUT2D eigenvalue weighted by molar-refractivity contribution is 0.208. The second kappa shape index (κ2) is 8.48. The predicted molar refractivity (Wildman–Crippen MR) is 102 cm³/mol. The highest BCUT2D eigenvalue weighted by Gasteiger charge is 2.14. The summed E-state index contributed by atoms with van der Waals surface area (Å²) in [6.07, 6.45) is 0.759. The van der Waals surface area contributed by atoms with Gasteiger partial charge in [-0.15, -0.1) is 0 Å². The summed E-state index contributed by atoms with van der Waals surface area (Å²) in [6, 6.07) is 5.06. The Balaban J connectivity index is 1.86. The first kappa shape index (κ1) is 18.6. The molecule has 2 aromatic rings. The molecule has 0 amide bonds. The van der Waals surface area contributed by atoms with Gasteiger partial charge in [0.2, 0.25) is 0 Å². The summed E-state index contributed by atoms with van der Waals surface area (Å²) in [5.41, 5.74) is 0.992. The van der Waals surface area contributed by atoms with E-state index in [0.29, 0.717) is 24.0 Å². The molecule has 26 heavy (non-hydrogen) atoms. The van der Waals surface area contributed by atoms with E-state index in [1.54, 1.807) is 6.92 Å². The maximum absolute atomic E-state index is 13.7. The summed E-state index contributed by atoms with van der Waals surface area (Å²) in [7, 11) is 0. The first-order valence-corrected chi connectivity index (χ1v) is 8.87. The van der Waals surface area contributed by atoms with Crippen LogP contribution >= 0.6 is 11.6 Å². The summed E-state index contributed by atoms with van der Waals surface area (Å²) in [5, 5.41) is 18.9. The number of aliphatic hydroxyl groups excluding tert-OH is 1. The minimum Gasteiger partial charge on any atom is -0.392 e. The van der Waals surface area contributed by atoms with Crippen molar-refractivity contribution in [3.63, 3.8) is 0 Å². The molecular weight excluding hydrogens is 359 g/mol. The number of anilines is 4. The Morgan fingerprint density at radius 1 is 1.27 bits per heavy atom. The number of aromatic nitrogens is 2. The molecule has 0 unspecified atom stereocenters. The average Bonchev–Trinajstić information content (AvgIpc) is 2.64. The zero-order valence-corrected chi connectivity index (χ0v) is 15.2. The van der Waals surface area contributed by atoms with Gasteiger partial charge in [0.25, 0.3) is 0 Å². The average molecular weight is 381 g/mol. The zero-order chi connectivity index (χ0) is 18.5. The fourth-order valence-electron chi connectivity index (χ4n) is 2.64. The first-order chi connectivity index (χ1) is 12.5. The van der Waals surface area contributed by atoms with E-state index in [2.05, 4.69) is 30.8 Å². The van der Waals surface area contributed by atoms with Crippen molar-refractivity contribution >= 4 is 34.7 Å². The molecule has 1 fully saturated rings. The van der Waals surface area contributed by atoms with Gasteiger partial charge in [0.1, 0.15) is 23.3 Å². The van der Waals surface area contributed by atoms with Crippen LogP contribution in [0.3, 0.4) is 0 Å². The van der Waals surface area contributed by atoms with Crippen LogP contribution in [0.5, 0.6) is 0 Å². The summed E-state index contributed by atoms with van der Waals surface area (Å²) in [4.78, 5) is 10.8. The molecule has 1 atom stereocenters. The number of hydrogen-bond acceptors (Lipinski definition) is 7. The lowest BCUT2D eigenvalue weighted by Crippen LogP contribution is -2.43. The van der Waals surface area contributed by atoms with Crippen molar-refractivity contribution in [2.24, 2.45) is 0 Å². The van der Waals surface area contributed by atoms with Crippen molar-refractivity contribution in [2.75, 3.05) is 48.3 Å². The van der Waals surface area contributed by atoms with Crippen LogP contribution in [0.25, 0.3) is 0 Å². The number of aliphatic hydroxyl groups is 1. The summed E-state index contributed by atoms with van der Waals surface area (Å²) >= 11 is 5.68. The molecule has 0 bridgehead atoms. The molecule has 0 radical (unpaired) electrons. The van der Waals surface area contributed by atoms with Gasteiger partial charge in [0.15, 0.2) is 0 Å². The van der Waals surface area contributed by atoms with Gasteiger partial charge in [-0.1, -0.05) is 11.6 Å². The van der Waals surface area contributed by atoms with Gasteiger partial charge in [-0.05, 0) is 6.92 Å². The number of hydrogen-bond donors (Lipinski definition) is 4. The Labute approximate surface area is 156 Å². The third-order valence-corrected chi connectivity index (χ3v) is 4.21. The Morgan fingerprint density at radius 2 is 2.00 bits per heavy atom. The van der Waals surface area contributed by atoms with Crippen LogP contribution < -0.4 is 20.9 Å². The van der Waals surface area contributed by atoms with Gasteiger partial charge in [0.05, 0.1) is 17.3 Å². The van der Waals surface area contributed by atoms with Gasteiger partial charge in [-0.3, -0.25) is 0 Å². The molecule has 2 aromatic heterocycles. The van der Waals surface area contributed by atoms with Gasteiger partial charge < -0.3 is 26.0 Å². The van der Waals surface area contributed by atoms with Crippen molar-refractivity contribution < 1.29 is 9.50 Å². The van der Waals surface area contributed by atoms with Crippen molar-refractivity contribution in [1.29, 1.82) is 0 Å². The molecule has 3 rings (SSSR count). The van der Waals surface area contributed by atoms with Crippen LogP contribution in [0.15, 0.2) is 24.4 Å². The standard InChI is InChI=1S/C17H22ClFN6O/c1-11(26)9-21-15-6-12(25-4-2-20-3-5-25)7-17(23-15)24-16-8-14(19)13(18)10-22-16/h6-8,10-11,20,26H,2-5,9H2,1H3,(H2,21,22,23,24)/t11-/m0/s1. The van der Waals surface area contributed by atoms with E-state index in [4.69, 9.17) is 11.6 Å². The quantitative estimate of drug-likeness (QED) is 0.611. The molecule has 0 aromatic carbocycles. The molecule has 1 saturated heterocycles. The maximum atomic E-state index is 13.7. The van der Waals surface area contributed by atoms with Crippen molar-refractivity contribution in [2.45, 2.75) is 13.0 Å². The molecule has 0 saturated carbocycles. The number of pyridine rings is 2. The Bertz CT molecular complexity index is 754. The molecule has 1 aliphatic rings. The van der Waals surface area contributed by atoms with E-state index in [1.807, 2.05) is 12.1 Å². The van der Waals surface area contributed by atoms with E-state index >= 15 is 0 Å². The van der Waals surface area contributed by atoms with E-state index in [1.165, 1.54) is 12.3 Å². The van der Waals surface area contributed by atoms with Crippen LogP contribution in [0.2, 0.25) is 5.02 Å². The second-order valence-corrected chi connectivity index (χ2v) is 6.58. The van der Waals surface area contributed by atoms with Crippen molar-refractivity contribution in [3.05, 3.63) is 35.2 Å². The highest BCUT2D eigenvalue weighted by Crippen LogP contribution is 2.25. The lowest BCUT2D eigenvalue weighted by Gasteiger charge is -2.30. The maximum Gasteiger partial charge on any atom is 0.147 e. The summed E-state index contributed by atoms with van der Waals surface area (Å²) < 4.78 is 13.7. The largest absolute Gasteiger partial charge is 0.392 e. The number of halogens is 2. The number of piperazine rings is 1. The summed E-state index contributed by atoms with van der Waals surface area (Å²) in [5.74, 6) is 0.926. The second-order valence-electron chi connectivity index (χ2n) is 6.17. The third kappa shape index (κ3) is 4.94. The van der Waals surface area contributed by atoms with E-state index in [0.717, 1.165) is 31.9 Å². The van der Waals surface area contributed by atoms with Crippen LogP contribution in [0.1, 0.15) is 6.92 Å². The SMILES string of the molecule is C[C@H](O)CNc1cc(N2CCNCC2)cc(Nc2cc(F)c(Cl)cn2)n1. The van der Waals surface area contributed by atoms with Gasteiger partial charge in [-0.2, -0.15) is 0 Å². The minimum absolute atomic E-state index is 0.0302. The smallest absolute Gasteiger partial charge is 0.147 e. The fraction of sp³-hybridized carbons (Fsp3) is 0.412. The van der Waals surface area contributed by atoms with Gasteiger partial charge in [0, 0.05) is 56.6 Å². The van der Waals surface area contributed by atoms with Crippen LogP contribution in [0, 0.1) is 5.82 Å². The highest BCUT2D eigenvalue weighted by atomic mass is 35.5. The highest BCUT2D eigenvalue weighted by molar-refractivity contribution is 6.30. The molecule has 1 aliphatic heterocycles. The minimum atomic E-state index is -0.546. The predicted octanol–water partition coefficient (Wildman–Crippen LogP) is 2.21.